The number of amides is 1. The monoisotopic (exact) mass is 390 g/mol. The minimum absolute atomic E-state index is 0.00765. The van der Waals surface area contributed by atoms with E-state index >= 15 is 0 Å². The zero-order valence-electron chi connectivity index (χ0n) is 15.3. The minimum Gasteiger partial charge on any atom is -0.482 e. The number of anilines is 1. The van der Waals surface area contributed by atoms with Crippen LogP contribution in [0, 0.1) is 15.9 Å². The Morgan fingerprint density at radius 2 is 1.89 bits per heavy atom. The molecule has 0 fully saturated rings. The molecule has 0 aliphatic heterocycles. The predicted molar refractivity (Wildman–Crippen MR) is 98.6 cm³/mol. The average molecular weight is 390 g/mol. The fraction of sp³-hybridized carbons (Fsp3) is 0.263. The first kappa shape index (κ1) is 20.8. The normalized spacial score (nSPS) is 11.4. The summed E-state index contributed by atoms with van der Waals surface area (Å²) in [7, 11) is 0. The van der Waals surface area contributed by atoms with E-state index in [1.165, 1.54) is 6.92 Å². The highest BCUT2D eigenvalue weighted by Gasteiger charge is 2.20. The molecule has 1 unspecified atom stereocenters. The summed E-state index contributed by atoms with van der Waals surface area (Å²) >= 11 is 0. The molecule has 148 valence electrons. The topological polar surface area (TPSA) is 108 Å². The quantitative estimate of drug-likeness (QED) is 0.421. The number of hydrogen-bond donors (Lipinski definition) is 1. The molecule has 0 radical (unpaired) electrons. The largest absolute Gasteiger partial charge is 0.482 e. The Morgan fingerprint density at radius 3 is 2.50 bits per heavy atom. The second-order valence-electron chi connectivity index (χ2n) is 5.83. The van der Waals surface area contributed by atoms with Crippen LogP contribution in [0.5, 0.6) is 5.75 Å². The lowest BCUT2D eigenvalue weighted by molar-refractivity contribution is -0.387. The summed E-state index contributed by atoms with van der Waals surface area (Å²) in [6, 6.07) is 10.1. The van der Waals surface area contributed by atoms with Crippen LogP contribution in [0.2, 0.25) is 0 Å². The maximum Gasteiger partial charge on any atom is 0.344 e. The summed E-state index contributed by atoms with van der Waals surface area (Å²) in [6.45, 7) is 2.97. The number of carbonyl (C=O) groups is 2. The number of aryl methyl sites for hydroxylation is 1. The van der Waals surface area contributed by atoms with Crippen LogP contribution in [-0.2, 0) is 20.7 Å². The third-order valence-corrected chi connectivity index (χ3v) is 3.78. The summed E-state index contributed by atoms with van der Waals surface area (Å²) in [5.74, 6) is -2.01. The van der Waals surface area contributed by atoms with Gasteiger partial charge >= 0.3 is 11.7 Å². The third kappa shape index (κ3) is 5.76. The number of carbonyl (C=O) groups excluding carboxylic acids is 2. The summed E-state index contributed by atoms with van der Waals surface area (Å²) in [4.78, 5) is 33.7. The second-order valence-corrected chi connectivity index (χ2v) is 5.83. The van der Waals surface area contributed by atoms with Crippen molar-refractivity contribution < 1.29 is 28.4 Å². The number of nitrogens with one attached hydrogen (secondary N) is 1. The van der Waals surface area contributed by atoms with Crippen LogP contribution in [0.1, 0.15) is 19.4 Å². The van der Waals surface area contributed by atoms with E-state index in [1.54, 1.807) is 12.1 Å². The molecule has 0 saturated carbocycles. The predicted octanol–water partition coefficient (Wildman–Crippen LogP) is 3.25. The number of halogens is 1. The molecule has 28 heavy (non-hydrogen) atoms. The van der Waals surface area contributed by atoms with Crippen LogP contribution in [-0.4, -0.2) is 29.5 Å². The van der Waals surface area contributed by atoms with Crippen LogP contribution in [0.3, 0.4) is 0 Å². The average Bonchev–Trinajstić information content (AvgIpc) is 2.67. The van der Waals surface area contributed by atoms with Crippen LogP contribution >= 0.6 is 0 Å². The Labute approximate surface area is 160 Å². The van der Waals surface area contributed by atoms with Gasteiger partial charge in [0.1, 0.15) is 5.75 Å². The van der Waals surface area contributed by atoms with Crippen LogP contribution < -0.4 is 10.1 Å². The number of rotatable bonds is 8. The van der Waals surface area contributed by atoms with Gasteiger partial charge in [-0.15, -0.1) is 0 Å². The number of hydrogen-bond acceptors (Lipinski definition) is 6. The van der Waals surface area contributed by atoms with Gasteiger partial charge < -0.3 is 14.8 Å². The molecule has 1 N–H and O–H groups in total. The van der Waals surface area contributed by atoms with Gasteiger partial charge in [-0.2, -0.15) is 4.39 Å². The summed E-state index contributed by atoms with van der Waals surface area (Å²) < 4.78 is 23.6. The van der Waals surface area contributed by atoms with E-state index in [0.29, 0.717) is 5.75 Å². The number of nitro groups is 1. The van der Waals surface area contributed by atoms with E-state index in [4.69, 9.17) is 9.47 Å². The van der Waals surface area contributed by atoms with E-state index in [0.717, 1.165) is 30.2 Å². The summed E-state index contributed by atoms with van der Waals surface area (Å²) in [6.07, 6.45) is -0.297. The number of nitro benzene ring substituents is 1. The van der Waals surface area contributed by atoms with E-state index in [9.17, 15) is 24.1 Å². The fourth-order valence-electron chi connectivity index (χ4n) is 2.22. The van der Waals surface area contributed by atoms with Crippen molar-refractivity contribution in [1.29, 1.82) is 0 Å². The standard InChI is InChI=1S/C19H19FN2O6/c1-3-13-4-7-15(8-5-13)27-11-18(23)28-12(2)19(24)21-14-6-9-16(20)17(10-14)22(25)26/h4-10,12H,3,11H2,1-2H3,(H,21,24). The fourth-order valence-corrected chi connectivity index (χ4v) is 2.22. The van der Waals surface area contributed by atoms with Crippen molar-refractivity contribution in [2.45, 2.75) is 26.4 Å². The molecule has 0 bridgehead atoms. The molecular formula is C19H19FN2O6. The number of ether oxygens (including phenoxy) is 2. The number of nitrogens with zero attached hydrogens (tertiary/aromatic N) is 1. The van der Waals surface area contributed by atoms with Gasteiger partial charge in [0, 0.05) is 11.8 Å². The van der Waals surface area contributed by atoms with E-state index in [-0.39, 0.29) is 12.3 Å². The van der Waals surface area contributed by atoms with Crippen LogP contribution in [0.25, 0.3) is 0 Å². The maximum atomic E-state index is 13.3. The lowest BCUT2D eigenvalue weighted by atomic mass is 10.2. The van der Waals surface area contributed by atoms with E-state index in [1.807, 2.05) is 19.1 Å². The van der Waals surface area contributed by atoms with Crippen molar-refractivity contribution >= 4 is 23.3 Å². The zero-order chi connectivity index (χ0) is 20.7. The first-order chi connectivity index (χ1) is 13.3. The zero-order valence-corrected chi connectivity index (χ0v) is 15.3. The van der Waals surface area contributed by atoms with Gasteiger partial charge in [-0.25, -0.2) is 4.79 Å². The van der Waals surface area contributed by atoms with Gasteiger partial charge in [0.25, 0.3) is 5.91 Å². The molecule has 0 aliphatic carbocycles. The van der Waals surface area contributed by atoms with Crippen molar-refractivity contribution in [3.05, 3.63) is 64.0 Å². The SMILES string of the molecule is CCc1ccc(OCC(=O)OC(C)C(=O)Nc2ccc(F)c([N+](=O)[O-])c2)cc1. The second kappa shape index (κ2) is 9.45. The molecule has 9 heteroatoms. The Morgan fingerprint density at radius 1 is 1.21 bits per heavy atom. The van der Waals surface area contributed by atoms with Crippen LogP contribution in [0.4, 0.5) is 15.8 Å². The Hall–Kier alpha value is -3.49. The third-order valence-electron chi connectivity index (χ3n) is 3.78. The van der Waals surface area contributed by atoms with Crippen molar-refractivity contribution in [3.8, 4) is 5.75 Å². The van der Waals surface area contributed by atoms with E-state index in [2.05, 4.69) is 5.32 Å². The number of esters is 1. The lowest BCUT2D eigenvalue weighted by Crippen LogP contribution is -2.31. The van der Waals surface area contributed by atoms with Crippen molar-refractivity contribution in [2.24, 2.45) is 0 Å². The molecule has 2 aromatic rings. The van der Waals surface area contributed by atoms with E-state index < -0.39 is 34.4 Å². The maximum absolute atomic E-state index is 13.3. The molecule has 8 nitrogen and oxygen atoms in total. The molecular weight excluding hydrogens is 371 g/mol. The molecule has 1 atom stereocenters. The smallest absolute Gasteiger partial charge is 0.344 e. The highest BCUT2D eigenvalue weighted by atomic mass is 19.1. The van der Waals surface area contributed by atoms with Gasteiger partial charge in [0.2, 0.25) is 5.82 Å². The first-order valence-electron chi connectivity index (χ1n) is 8.46. The summed E-state index contributed by atoms with van der Waals surface area (Å²) in [5, 5.41) is 13.1. The lowest BCUT2D eigenvalue weighted by Gasteiger charge is -2.14. The Balaban J connectivity index is 1.86. The number of benzene rings is 2. The first-order valence-corrected chi connectivity index (χ1v) is 8.46. The Kier molecular flexibility index (Phi) is 7.02. The molecule has 2 rings (SSSR count). The molecule has 0 spiro atoms. The van der Waals surface area contributed by atoms with Gasteiger partial charge in [-0.05, 0) is 43.2 Å². The van der Waals surface area contributed by atoms with Crippen molar-refractivity contribution in [1.82, 2.24) is 0 Å². The van der Waals surface area contributed by atoms with Gasteiger partial charge in [0.15, 0.2) is 12.7 Å². The molecule has 0 heterocycles. The van der Waals surface area contributed by atoms with Crippen molar-refractivity contribution in [2.75, 3.05) is 11.9 Å². The molecule has 2 aromatic carbocycles. The molecule has 1 amide bonds. The van der Waals surface area contributed by atoms with Crippen LogP contribution in [0.15, 0.2) is 42.5 Å². The molecule has 0 saturated heterocycles. The molecule has 0 aromatic heterocycles. The van der Waals surface area contributed by atoms with Crippen molar-refractivity contribution in [3.63, 3.8) is 0 Å². The highest BCUT2D eigenvalue weighted by molar-refractivity contribution is 5.95. The van der Waals surface area contributed by atoms with Gasteiger partial charge in [-0.3, -0.25) is 14.9 Å². The van der Waals surface area contributed by atoms with Gasteiger partial charge in [-0.1, -0.05) is 19.1 Å². The minimum atomic E-state index is -1.18. The van der Waals surface area contributed by atoms with Gasteiger partial charge in [0.05, 0.1) is 4.92 Å². The highest BCUT2D eigenvalue weighted by Crippen LogP contribution is 2.21. The summed E-state index contributed by atoms with van der Waals surface area (Å²) in [5.41, 5.74) is 0.361. The Bertz CT molecular complexity index is 869. The molecule has 0 aliphatic rings.